The summed E-state index contributed by atoms with van der Waals surface area (Å²) in [6.07, 6.45) is 3.73. The van der Waals surface area contributed by atoms with Gasteiger partial charge >= 0.3 is 0 Å². The van der Waals surface area contributed by atoms with Gasteiger partial charge in [-0.15, -0.1) is 0 Å². The van der Waals surface area contributed by atoms with Gasteiger partial charge in [0.15, 0.2) is 0 Å². The fourth-order valence-corrected chi connectivity index (χ4v) is 2.65. The summed E-state index contributed by atoms with van der Waals surface area (Å²) in [7, 11) is 0. The molecule has 1 aliphatic heterocycles. The van der Waals surface area contributed by atoms with Crippen molar-refractivity contribution in [2.75, 3.05) is 18.0 Å². The Morgan fingerprint density at radius 3 is 2.78 bits per heavy atom. The lowest BCUT2D eigenvalue weighted by Gasteiger charge is -2.34. The number of halogens is 1. The molecule has 1 aromatic heterocycles. The number of pyridine rings is 1. The van der Waals surface area contributed by atoms with Gasteiger partial charge in [-0.2, -0.15) is 5.26 Å². The van der Waals surface area contributed by atoms with Gasteiger partial charge in [0.1, 0.15) is 16.9 Å². The minimum absolute atomic E-state index is 0.237. The van der Waals surface area contributed by atoms with Crippen molar-refractivity contribution in [3.8, 4) is 6.07 Å². The van der Waals surface area contributed by atoms with Crippen LogP contribution in [0.15, 0.2) is 12.3 Å². The number of rotatable bonds is 2. The van der Waals surface area contributed by atoms with Gasteiger partial charge in [0, 0.05) is 25.3 Å². The fraction of sp³-hybridized carbons (Fsp3) is 0.538. The molecule has 0 bridgehead atoms. The number of nitrogens with zero attached hydrogens (tertiary/aromatic N) is 3. The second kappa shape index (κ2) is 5.55. The van der Waals surface area contributed by atoms with E-state index in [9.17, 15) is 0 Å². The Labute approximate surface area is 112 Å². The van der Waals surface area contributed by atoms with Crippen LogP contribution >= 0.6 is 11.6 Å². The third-order valence-electron chi connectivity index (χ3n) is 3.57. The molecule has 2 rings (SSSR count). The van der Waals surface area contributed by atoms with Crippen molar-refractivity contribution in [2.24, 2.45) is 11.7 Å². The van der Waals surface area contributed by atoms with E-state index in [0.717, 1.165) is 31.7 Å². The second-order valence-electron chi connectivity index (χ2n) is 4.79. The van der Waals surface area contributed by atoms with Gasteiger partial charge in [0.2, 0.25) is 0 Å². The van der Waals surface area contributed by atoms with Crippen molar-refractivity contribution in [1.82, 2.24) is 4.98 Å². The SMILES string of the molecule is CC(N)C1CCN(c2nccc(C#N)c2Cl)CC1. The van der Waals surface area contributed by atoms with Crippen LogP contribution in [0.5, 0.6) is 0 Å². The van der Waals surface area contributed by atoms with E-state index >= 15 is 0 Å². The molecule has 1 fully saturated rings. The Morgan fingerprint density at radius 1 is 1.56 bits per heavy atom. The fourth-order valence-electron chi connectivity index (χ4n) is 2.38. The molecule has 2 N–H and O–H groups in total. The number of hydrogen-bond acceptors (Lipinski definition) is 4. The van der Waals surface area contributed by atoms with Crippen molar-refractivity contribution in [1.29, 1.82) is 5.26 Å². The Morgan fingerprint density at radius 2 is 2.22 bits per heavy atom. The van der Waals surface area contributed by atoms with Crippen molar-refractivity contribution < 1.29 is 0 Å². The number of nitrogens with two attached hydrogens (primary N) is 1. The van der Waals surface area contributed by atoms with Gasteiger partial charge in [0.05, 0.1) is 5.56 Å². The predicted octanol–water partition coefficient (Wildman–Crippen LogP) is 2.17. The van der Waals surface area contributed by atoms with Gasteiger partial charge in [-0.3, -0.25) is 0 Å². The number of aromatic nitrogens is 1. The third-order valence-corrected chi connectivity index (χ3v) is 3.95. The first-order valence-corrected chi connectivity index (χ1v) is 6.56. The van der Waals surface area contributed by atoms with Gasteiger partial charge in [-0.1, -0.05) is 11.6 Å². The summed E-state index contributed by atoms with van der Waals surface area (Å²) in [4.78, 5) is 6.43. The Hall–Kier alpha value is -1.31. The number of nitriles is 1. The molecule has 18 heavy (non-hydrogen) atoms. The number of anilines is 1. The van der Waals surface area contributed by atoms with Crippen LogP contribution in [-0.4, -0.2) is 24.1 Å². The van der Waals surface area contributed by atoms with Crippen LogP contribution in [0.4, 0.5) is 5.82 Å². The van der Waals surface area contributed by atoms with E-state index in [2.05, 4.69) is 22.9 Å². The summed E-state index contributed by atoms with van der Waals surface area (Å²) in [5, 5.41) is 9.42. The average Bonchev–Trinajstić information content (AvgIpc) is 2.39. The zero-order valence-electron chi connectivity index (χ0n) is 10.4. The highest BCUT2D eigenvalue weighted by Gasteiger charge is 2.24. The second-order valence-corrected chi connectivity index (χ2v) is 5.17. The molecule has 0 amide bonds. The van der Waals surface area contributed by atoms with Crippen LogP contribution < -0.4 is 10.6 Å². The molecule has 1 unspecified atom stereocenters. The topological polar surface area (TPSA) is 65.9 Å². The maximum atomic E-state index is 8.96. The van der Waals surface area contributed by atoms with Crippen LogP contribution in [0.2, 0.25) is 5.02 Å². The molecule has 1 atom stereocenters. The summed E-state index contributed by atoms with van der Waals surface area (Å²) in [5.74, 6) is 1.29. The molecule has 2 heterocycles. The molecule has 0 aromatic carbocycles. The zero-order chi connectivity index (χ0) is 13.1. The van der Waals surface area contributed by atoms with Gasteiger partial charge in [-0.05, 0) is 31.7 Å². The Kier molecular flexibility index (Phi) is 4.05. The first-order valence-electron chi connectivity index (χ1n) is 6.18. The summed E-state index contributed by atoms with van der Waals surface area (Å²) in [6.45, 7) is 3.85. The van der Waals surface area contributed by atoms with Gasteiger partial charge < -0.3 is 10.6 Å². The zero-order valence-corrected chi connectivity index (χ0v) is 11.2. The summed E-state index contributed by atoms with van der Waals surface area (Å²) < 4.78 is 0. The standard InChI is InChI=1S/C13H17ClN4/c1-9(16)10-3-6-18(7-4-10)13-12(14)11(8-15)2-5-17-13/h2,5,9-10H,3-4,6-7,16H2,1H3. The molecule has 4 nitrogen and oxygen atoms in total. The predicted molar refractivity (Wildman–Crippen MR) is 72.5 cm³/mol. The molecule has 0 aliphatic carbocycles. The van der Waals surface area contributed by atoms with Crippen molar-refractivity contribution in [2.45, 2.75) is 25.8 Å². The summed E-state index contributed by atoms with van der Waals surface area (Å²) in [6, 6.07) is 3.96. The summed E-state index contributed by atoms with van der Waals surface area (Å²) >= 11 is 6.19. The smallest absolute Gasteiger partial charge is 0.148 e. The minimum atomic E-state index is 0.237. The highest BCUT2D eigenvalue weighted by molar-refractivity contribution is 6.34. The van der Waals surface area contributed by atoms with Gasteiger partial charge in [-0.25, -0.2) is 4.98 Å². The summed E-state index contributed by atoms with van der Waals surface area (Å²) in [5.41, 5.74) is 6.41. The van der Waals surface area contributed by atoms with E-state index in [1.807, 2.05) is 0 Å². The monoisotopic (exact) mass is 264 g/mol. The van der Waals surface area contributed by atoms with Gasteiger partial charge in [0.25, 0.3) is 0 Å². The van der Waals surface area contributed by atoms with Crippen LogP contribution in [0.1, 0.15) is 25.3 Å². The van der Waals surface area contributed by atoms with Crippen LogP contribution in [0.3, 0.4) is 0 Å². The lowest BCUT2D eigenvalue weighted by Crippen LogP contribution is -2.40. The molecule has 1 saturated heterocycles. The molecular weight excluding hydrogens is 248 g/mol. The highest BCUT2D eigenvalue weighted by Crippen LogP contribution is 2.30. The Bertz CT molecular complexity index is 459. The van der Waals surface area contributed by atoms with E-state index in [4.69, 9.17) is 22.6 Å². The highest BCUT2D eigenvalue weighted by atomic mass is 35.5. The number of piperidine rings is 1. The Balaban J connectivity index is 2.13. The molecule has 0 spiro atoms. The maximum absolute atomic E-state index is 8.96. The first-order chi connectivity index (χ1) is 8.63. The quantitative estimate of drug-likeness (QED) is 0.889. The van der Waals surface area contributed by atoms with Crippen LogP contribution in [-0.2, 0) is 0 Å². The van der Waals surface area contributed by atoms with Crippen molar-refractivity contribution in [3.63, 3.8) is 0 Å². The molecule has 1 aromatic rings. The minimum Gasteiger partial charge on any atom is -0.355 e. The van der Waals surface area contributed by atoms with Crippen LogP contribution in [0.25, 0.3) is 0 Å². The van der Waals surface area contributed by atoms with E-state index in [1.54, 1.807) is 12.3 Å². The first kappa shape index (κ1) is 13.1. The molecule has 1 aliphatic rings. The molecule has 5 heteroatoms. The van der Waals surface area contributed by atoms with E-state index in [-0.39, 0.29) is 6.04 Å². The molecule has 96 valence electrons. The van der Waals surface area contributed by atoms with Crippen molar-refractivity contribution >= 4 is 17.4 Å². The average molecular weight is 265 g/mol. The lowest BCUT2D eigenvalue weighted by molar-refractivity contribution is 0.353. The number of hydrogen-bond donors (Lipinski definition) is 1. The largest absolute Gasteiger partial charge is 0.355 e. The van der Waals surface area contributed by atoms with E-state index < -0.39 is 0 Å². The van der Waals surface area contributed by atoms with E-state index in [0.29, 0.717) is 16.5 Å². The third kappa shape index (κ3) is 2.58. The molecular formula is C13H17ClN4. The normalized spacial score (nSPS) is 18.4. The molecule has 0 radical (unpaired) electrons. The lowest BCUT2D eigenvalue weighted by atomic mass is 9.91. The van der Waals surface area contributed by atoms with E-state index in [1.165, 1.54) is 0 Å². The molecule has 0 saturated carbocycles. The van der Waals surface area contributed by atoms with Crippen molar-refractivity contribution in [3.05, 3.63) is 22.8 Å². The maximum Gasteiger partial charge on any atom is 0.148 e. The van der Waals surface area contributed by atoms with Crippen LogP contribution in [0, 0.1) is 17.2 Å².